The summed E-state index contributed by atoms with van der Waals surface area (Å²) < 4.78 is 53.8. The van der Waals surface area contributed by atoms with E-state index < -0.39 is 39.5 Å². The zero-order valence-corrected chi connectivity index (χ0v) is 19.1. The second-order valence-electron chi connectivity index (χ2n) is 7.90. The van der Waals surface area contributed by atoms with Gasteiger partial charge < -0.3 is 10.6 Å². The Morgan fingerprint density at radius 3 is 2.27 bits per heavy atom. The zero-order valence-electron chi connectivity index (χ0n) is 18.3. The van der Waals surface area contributed by atoms with Crippen LogP contribution in [-0.2, 0) is 26.0 Å². The average molecular weight is 480 g/mol. The highest BCUT2D eigenvalue weighted by Crippen LogP contribution is 2.21. The number of nitrogens with zero attached hydrogens (tertiary/aromatic N) is 1. The minimum absolute atomic E-state index is 0.0232. The summed E-state index contributed by atoms with van der Waals surface area (Å²) in [6.07, 6.45) is 3.08. The van der Waals surface area contributed by atoms with E-state index in [4.69, 9.17) is 0 Å². The van der Waals surface area contributed by atoms with Gasteiger partial charge in [0.05, 0.1) is 4.90 Å². The number of piperidine rings is 1. The second-order valence-corrected chi connectivity index (χ2v) is 9.83. The lowest BCUT2D eigenvalue weighted by Crippen LogP contribution is -2.39. The van der Waals surface area contributed by atoms with E-state index in [1.54, 1.807) is 12.1 Å². The Labute approximate surface area is 192 Å². The highest BCUT2D eigenvalue weighted by Gasteiger charge is 2.26. The van der Waals surface area contributed by atoms with Crippen molar-refractivity contribution in [3.05, 3.63) is 65.2 Å². The second kappa shape index (κ2) is 10.8. The number of aryl methyl sites for hydroxylation is 1. The van der Waals surface area contributed by atoms with Crippen LogP contribution in [0.3, 0.4) is 0 Å². The molecule has 0 aromatic heterocycles. The Bertz CT molecular complexity index is 1100. The minimum Gasteiger partial charge on any atom is -0.357 e. The van der Waals surface area contributed by atoms with E-state index in [2.05, 4.69) is 10.6 Å². The highest BCUT2D eigenvalue weighted by atomic mass is 32.2. The summed E-state index contributed by atoms with van der Waals surface area (Å²) >= 11 is 0. The molecule has 1 saturated heterocycles. The van der Waals surface area contributed by atoms with E-state index in [-0.39, 0.29) is 16.9 Å². The Morgan fingerprint density at radius 1 is 1.00 bits per heavy atom. The summed E-state index contributed by atoms with van der Waals surface area (Å²) in [5, 5.41) is 4.93. The number of amides is 2. The first-order valence-corrected chi connectivity index (χ1v) is 12.2. The average Bonchev–Trinajstić information content (AvgIpc) is 2.83. The molecule has 1 fully saturated rings. The van der Waals surface area contributed by atoms with E-state index in [1.165, 1.54) is 29.6 Å². The molecule has 2 aromatic rings. The summed E-state index contributed by atoms with van der Waals surface area (Å²) in [4.78, 5) is 24.8. The first-order chi connectivity index (χ1) is 15.7. The number of benzene rings is 2. The smallest absolute Gasteiger partial charge is 0.246 e. The van der Waals surface area contributed by atoms with Gasteiger partial charge in [-0.1, -0.05) is 24.6 Å². The molecule has 0 radical (unpaired) electrons. The molecule has 7 nitrogen and oxygen atoms in total. The van der Waals surface area contributed by atoms with Crippen molar-refractivity contribution >= 4 is 21.8 Å². The van der Waals surface area contributed by atoms with Crippen molar-refractivity contribution < 1.29 is 26.8 Å². The lowest BCUT2D eigenvalue weighted by Gasteiger charge is -2.25. The fraction of sp³-hybridized carbons (Fsp3) is 0.391. The summed E-state index contributed by atoms with van der Waals surface area (Å²) in [6, 6.07) is 8.22. The van der Waals surface area contributed by atoms with Crippen LogP contribution in [0.4, 0.5) is 8.78 Å². The third kappa shape index (κ3) is 6.14. The maximum atomic E-state index is 13.6. The van der Waals surface area contributed by atoms with Crippen molar-refractivity contribution in [1.82, 2.24) is 14.9 Å². The molecule has 0 aliphatic carbocycles. The maximum absolute atomic E-state index is 13.6. The Balaban J connectivity index is 1.62. The Hall–Kier alpha value is -2.85. The third-order valence-corrected chi connectivity index (χ3v) is 7.52. The molecule has 1 atom stereocenters. The summed E-state index contributed by atoms with van der Waals surface area (Å²) in [5.74, 6) is -3.19. The maximum Gasteiger partial charge on any atom is 0.246 e. The standard InChI is InChI=1S/C23H27F2N3O4S/c1-26-23(30)22(17-8-11-19(24)20(25)15-17)27-21(29)12-7-16-5-9-18(10-6-16)33(31,32)28-13-3-2-4-14-28/h5-6,8-11,15,22H,2-4,7,12-14H2,1H3,(H,26,30)(H,27,29). The van der Waals surface area contributed by atoms with Crippen LogP contribution in [0.25, 0.3) is 0 Å². The Morgan fingerprint density at radius 2 is 1.67 bits per heavy atom. The van der Waals surface area contributed by atoms with Gasteiger partial charge in [-0.2, -0.15) is 4.31 Å². The number of sulfonamides is 1. The van der Waals surface area contributed by atoms with E-state index in [1.807, 2.05) is 0 Å². The Kier molecular flexibility index (Phi) is 8.15. The van der Waals surface area contributed by atoms with Crippen LogP contribution in [0.2, 0.25) is 0 Å². The number of nitrogens with one attached hydrogen (secondary N) is 2. The highest BCUT2D eigenvalue weighted by molar-refractivity contribution is 7.89. The van der Waals surface area contributed by atoms with Crippen molar-refractivity contribution in [3.8, 4) is 0 Å². The molecule has 1 aliphatic heterocycles. The number of hydrogen-bond acceptors (Lipinski definition) is 4. The van der Waals surface area contributed by atoms with Crippen LogP contribution in [0, 0.1) is 11.6 Å². The number of halogens is 2. The molecule has 178 valence electrons. The molecular weight excluding hydrogens is 452 g/mol. The lowest BCUT2D eigenvalue weighted by atomic mass is 10.0. The monoisotopic (exact) mass is 479 g/mol. The predicted molar refractivity (Wildman–Crippen MR) is 119 cm³/mol. The summed E-state index contributed by atoms with van der Waals surface area (Å²) in [7, 11) is -2.15. The van der Waals surface area contributed by atoms with Gasteiger partial charge in [0.15, 0.2) is 11.6 Å². The largest absolute Gasteiger partial charge is 0.357 e. The first-order valence-electron chi connectivity index (χ1n) is 10.8. The molecule has 10 heteroatoms. The molecule has 2 aromatic carbocycles. The van der Waals surface area contributed by atoms with Crippen LogP contribution in [0.1, 0.15) is 42.9 Å². The summed E-state index contributed by atoms with van der Waals surface area (Å²) in [6.45, 7) is 1.05. The van der Waals surface area contributed by atoms with Crippen molar-refractivity contribution in [2.75, 3.05) is 20.1 Å². The van der Waals surface area contributed by atoms with E-state index >= 15 is 0 Å². The minimum atomic E-state index is -3.52. The number of rotatable bonds is 8. The van der Waals surface area contributed by atoms with E-state index in [0.717, 1.165) is 37.0 Å². The van der Waals surface area contributed by atoms with Gasteiger partial charge in [0.2, 0.25) is 21.8 Å². The molecule has 2 N–H and O–H groups in total. The van der Waals surface area contributed by atoms with E-state index in [0.29, 0.717) is 19.5 Å². The molecule has 2 amide bonds. The van der Waals surface area contributed by atoms with Crippen molar-refractivity contribution in [3.63, 3.8) is 0 Å². The van der Waals surface area contributed by atoms with Crippen LogP contribution in [-0.4, -0.2) is 44.7 Å². The fourth-order valence-electron chi connectivity index (χ4n) is 3.71. The van der Waals surface area contributed by atoms with Gasteiger partial charge in [0, 0.05) is 26.6 Å². The molecule has 0 bridgehead atoms. The normalized spacial score (nSPS) is 15.6. The number of carbonyl (C=O) groups is 2. The first kappa shape index (κ1) is 24.8. The summed E-state index contributed by atoms with van der Waals surface area (Å²) in [5.41, 5.74) is 0.876. The number of hydrogen-bond donors (Lipinski definition) is 2. The van der Waals surface area contributed by atoms with Gasteiger partial charge in [0.25, 0.3) is 0 Å². The third-order valence-electron chi connectivity index (χ3n) is 5.61. The van der Waals surface area contributed by atoms with Gasteiger partial charge in [0.1, 0.15) is 6.04 Å². The van der Waals surface area contributed by atoms with Gasteiger partial charge in [-0.3, -0.25) is 9.59 Å². The molecule has 0 saturated carbocycles. The van der Waals surface area contributed by atoms with Crippen LogP contribution >= 0.6 is 0 Å². The molecule has 1 aliphatic rings. The van der Waals surface area contributed by atoms with Crippen molar-refractivity contribution in [2.45, 2.75) is 43.0 Å². The van der Waals surface area contributed by atoms with E-state index in [9.17, 15) is 26.8 Å². The lowest BCUT2D eigenvalue weighted by molar-refractivity contribution is -0.128. The van der Waals surface area contributed by atoms with Crippen molar-refractivity contribution in [1.29, 1.82) is 0 Å². The fourth-order valence-corrected chi connectivity index (χ4v) is 5.23. The van der Waals surface area contributed by atoms with Gasteiger partial charge in [-0.05, 0) is 54.7 Å². The van der Waals surface area contributed by atoms with Crippen molar-refractivity contribution in [2.24, 2.45) is 0 Å². The predicted octanol–water partition coefficient (Wildman–Crippen LogP) is 2.68. The molecule has 1 heterocycles. The van der Waals surface area contributed by atoms with Crippen LogP contribution in [0.15, 0.2) is 47.4 Å². The van der Waals surface area contributed by atoms with Crippen LogP contribution < -0.4 is 10.6 Å². The zero-order chi connectivity index (χ0) is 24.0. The van der Waals surface area contributed by atoms with Gasteiger partial charge in [-0.15, -0.1) is 0 Å². The molecule has 0 spiro atoms. The number of likely N-dealkylation sites (N-methyl/N-ethyl adjacent to an activating group) is 1. The van der Waals surface area contributed by atoms with Gasteiger partial charge in [-0.25, -0.2) is 17.2 Å². The molecule has 33 heavy (non-hydrogen) atoms. The molecule has 1 unspecified atom stereocenters. The van der Waals surface area contributed by atoms with Crippen LogP contribution in [0.5, 0.6) is 0 Å². The number of carbonyl (C=O) groups excluding carboxylic acids is 2. The molecule has 3 rings (SSSR count). The quantitative estimate of drug-likeness (QED) is 0.609. The topological polar surface area (TPSA) is 95.6 Å². The van der Waals surface area contributed by atoms with Gasteiger partial charge >= 0.3 is 0 Å². The molecular formula is C23H27F2N3O4S. The SMILES string of the molecule is CNC(=O)C(NC(=O)CCc1ccc(S(=O)(=O)N2CCCCC2)cc1)c1ccc(F)c(F)c1.